The lowest BCUT2D eigenvalue weighted by molar-refractivity contribution is -0.151. The summed E-state index contributed by atoms with van der Waals surface area (Å²) in [7, 11) is 0. The highest BCUT2D eigenvalue weighted by Gasteiger charge is 2.12. The summed E-state index contributed by atoms with van der Waals surface area (Å²) in [5, 5.41) is 8.50. The molecule has 13 heteroatoms. The number of ether oxygens (including phenoxy) is 8. The number of carbonyl (C=O) groups is 4. The zero-order chi connectivity index (χ0) is 39.4. The molecular weight excluding hydrogens is 688 g/mol. The second-order valence-electron chi connectivity index (χ2n) is 14.4. The van der Waals surface area contributed by atoms with Crippen molar-refractivity contribution in [3.8, 4) is 0 Å². The summed E-state index contributed by atoms with van der Waals surface area (Å²) in [4.78, 5) is 45.6. The van der Waals surface area contributed by atoms with Crippen molar-refractivity contribution in [2.45, 2.75) is 125 Å². The van der Waals surface area contributed by atoms with Gasteiger partial charge in [0, 0.05) is 0 Å². The average molecular weight is 763 g/mol. The first-order valence-corrected chi connectivity index (χ1v) is 20.1. The van der Waals surface area contributed by atoms with Crippen molar-refractivity contribution in [3.63, 3.8) is 0 Å². The van der Waals surface area contributed by atoms with Gasteiger partial charge in [0.05, 0.1) is 98.4 Å². The maximum Gasteiger partial charge on any atom is 0.306 e. The smallest absolute Gasteiger partial charge is 0.306 e. The highest BCUT2D eigenvalue weighted by atomic mass is 16.6. The van der Waals surface area contributed by atoms with Crippen molar-refractivity contribution < 1.29 is 62.2 Å². The van der Waals surface area contributed by atoms with Gasteiger partial charge >= 0.3 is 23.9 Å². The van der Waals surface area contributed by atoms with Gasteiger partial charge in [-0.3, -0.25) is 19.2 Å². The SMILES string of the molecule is CC(C)CCCC(C)CCCC(C)CCCC(C)CCOC(=O)CCC(=O)OCCOCCOCCOCCOCCOCCOC(=O)CCC(=O)O. The van der Waals surface area contributed by atoms with E-state index in [-0.39, 0.29) is 58.1 Å². The average Bonchev–Trinajstić information content (AvgIpc) is 3.10. The van der Waals surface area contributed by atoms with Gasteiger partial charge in [0.1, 0.15) is 13.2 Å². The predicted molar refractivity (Wildman–Crippen MR) is 202 cm³/mol. The molecule has 0 radical (unpaired) electrons. The molecule has 0 rings (SSSR count). The van der Waals surface area contributed by atoms with E-state index in [1.807, 2.05) is 0 Å². The Hall–Kier alpha value is -2.32. The second-order valence-corrected chi connectivity index (χ2v) is 14.4. The molecule has 53 heavy (non-hydrogen) atoms. The second kappa shape index (κ2) is 36.6. The molecule has 0 heterocycles. The summed E-state index contributed by atoms with van der Waals surface area (Å²) >= 11 is 0. The molecule has 0 aliphatic carbocycles. The van der Waals surface area contributed by atoms with Crippen molar-refractivity contribution in [3.05, 3.63) is 0 Å². The summed E-state index contributed by atoms with van der Waals surface area (Å²) in [5.41, 5.74) is 0. The van der Waals surface area contributed by atoms with Gasteiger partial charge in [-0.2, -0.15) is 0 Å². The molecule has 0 bridgehead atoms. The maximum absolute atomic E-state index is 12.0. The van der Waals surface area contributed by atoms with Crippen LogP contribution >= 0.6 is 0 Å². The summed E-state index contributed by atoms with van der Waals surface area (Å²) in [6.07, 6.45) is 12.1. The van der Waals surface area contributed by atoms with Crippen molar-refractivity contribution in [2.24, 2.45) is 23.7 Å². The van der Waals surface area contributed by atoms with Crippen LogP contribution in [0.4, 0.5) is 0 Å². The zero-order valence-electron chi connectivity index (χ0n) is 33.7. The van der Waals surface area contributed by atoms with Crippen LogP contribution in [0, 0.1) is 23.7 Å². The number of esters is 3. The third kappa shape index (κ3) is 39.2. The van der Waals surface area contributed by atoms with Gasteiger partial charge in [-0.25, -0.2) is 0 Å². The molecule has 0 saturated heterocycles. The highest BCUT2D eigenvalue weighted by molar-refractivity contribution is 5.77. The number of carboxylic acid groups (broad SMARTS) is 1. The fraction of sp³-hybridized carbons (Fsp3) is 0.900. The lowest BCUT2D eigenvalue weighted by Gasteiger charge is -2.16. The molecule has 0 fully saturated rings. The van der Waals surface area contributed by atoms with E-state index in [0.717, 1.165) is 30.6 Å². The first kappa shape index (κ1) is 50.7. The monoisotopic (exact) mass is 763 g/mol. The number of carboxylic acids is 1. The first-order valence-electron chi connectivity index (χ1n) is 20.1. The van der Waals surface area contributed by atoms with Gasteiger partial charge < -0.3 is 43.0 Å². The van der Waals surface area contributed by atoms with Crippen LogP contribution in [0.5, 0.6) is 0 Å². The molecule has 0 aromatic rings. The summed E-state index contributed by atoms with van der Waals surface area (Å²) < 4.78 is 42.2. The molecule has 0 aliphatic heterocycles. The van der Waals surface area contributed by atoms with E-state index in [9.17, 15) is 19.2 Å². The van der Waals surface area contributed by atoms with Crippen LogP contribution in [0.1, 0.15) is 125 Å². The van der Waals surface area contributed by atoms with Gasteiger partial charge in [0.15, 0.2) is 0 Å². The molecule has 13 nitrogen and oxygen atoms in total. The van der Waals surface area contributed by atoms with E-state index in [1.165, 1.54) is 51.4 Å². The molecule has 312 valence electrons. The Morgan fingerprint density at radius 2 is 0.660 bits per heavy atom. The van der Waals surface area contributed by atoms with Crippen LogP contribution in [0.15, 0.2) is 0 Å². The molecule has 3 atom stereocenters. The minimum Gasteiger partial charge on any atom is -0.481 e. The Bertz CT molecular complexity index is 898. The molecule has 0 spiro atoms. The van der Waals surface area contributed by atoms with Crippen LogP contribution in [-0.2, 0) is 57.1 Å². The van der Waals surface area contributed by atoms with Crippen molar-refractivity contribution >= 4 is 23.9 Å². The fourth-order valence-corrected chi connectivity index (χ4v) is 5.35. The third-order valence-electron chi connectivity index (χ3n) is 8.69. The molecule has 3 unspecified atom stereocenters. The van der Waals surface area contributed by atoms with Gasteiger partial charge in [-0.05, 0) is 30.1 Å². The number of hydrogen-bond acceptors (Lipinski definition) is 12. The van der Waals surface area contributed by atoms with E-state index in [4.69, 9.17) is 43.0 Å². The topological polar surface area (TPSA) is 162 Å². The number of aliphatic carboxylic acids is 1. The minimum absolute atomic E-state index is 0.0116. The lowest BCUT2D eigenvalue weighted by Crippen LogP contribution is -2.16. The molecule has 0 amide bonds. The van der Waals surface area contributed by atoms with E-state index < -0.39 is 17.9 Å². The normalized spacial score (nSPS) is 13.1. The Kier molecular flexibility index (Phi) is 35.0. The molecule has 0 saturated carbocycles. The van der Waals surface area contributed by atoms with Gasteiger partial charge in [-0.15, -0.1) is 0 Å². The molecule has 1 N–H and O–H groups in total. The number of hydrogen-bond donors (Lipinski definition) is 1. The van der Waals surface area contributed by atoms with Gasteiger partial charge in [-0.1, -0.05) is 92.4 Å². The van der Waals surface area contributed by atoms with Gasteiger partial charge in [0.25, 0.3) is 0 Å². The van der Waals surface area contributed by atoms with E-state index in [2.05, 4.69) is 34.6 Å². The van der Waals surface area contributed by atoms with Crippen LogP contribution in [0.25, 0.3) is 0 Å². The Morgan fingerprint density at radius 1 is 0.377 bits per heavy atom. The fourth-order valence-electron chi connectivity index (χ4n) is 5.35. The zero-order valence-corrected chi connectivity index (χ0v) is 33.7. The summed E-state index contributed by atoms with van der Waals surface area (Å²) in [6, 6.07) is 0. The highest BCUT2D eigenvalue weighted by Crippen LogP contribution is 2.22. The summed E-state index contributed by atoms with van der Waals surface area (Å²) in [5.74, 6) is 0.489. The Balaban J connectivity index is 3.47. The van der Waals surface area contributed by atoms with E-state index in [1.54, 1.807) is 0 Å². The van der Waals surface area contributed by atoms with Crippen molar-refractivity contribution in [1.29, 1.82) is 0 Å². The van der Waals surface area contributed by atoms with Crippen molar-refractivity contribution in [2.75, 3.05) is 85.9 Å². The minimum atomic E-state index is -1.04. The van der Waals surface area contributed by atoms with Crippen LogP contribution in [0.3, 0.4) is 0 Å². The molecular formula is C40H74O13. The lowest BCUT2D eigenvalue weighted by atomic mass is 9.91. The van der Waals surface area contributed by atoms with Crippen LogP contribution in [-0.4, -0.2) is 115 Å². The third-order valence-corrected chi connectivity index (χ3v) is 8.69. The summed E-state index contributed by atoms with van der Waals surface area (Å²) in [6.45, 7) is 15.6. The van der Waals surface area contributed by atoms with E-state index >= 15 is 0 Å². The standard InChI is InChI=1S/C40H74O13/c1-33(2)9-6-10-34(3)11-7-12-35(4)13-8-14-36(5)19-20-51-39(44)17-18-40(45)53-32-30-50-28-26-48-24-22-46-21-23-47-25-27-49-29-31-52-38(43)16-15-37(41)42/h33-36H,6-32H2,1-5H3,(H,41,42). The largest absolute Gasteiger partial charge is 0.481 e. The van der Waals surface area contributed by atoms with Crippen LogP contribution < -0.4 is 0 Å². The maximum atomic E-state index is 12.0. The molecule has 0 aliphatic rings. The number of rotatable bonds is 39. The Labute approximate surface area is 319 Å². The number of carbonyl (C=O) groups excluding carboxylic acids is 3. The van der Waals surface area contributed by atoms with Crippen molar-refractivity contribution in [1.82, 2.24) is 0 Å². The van der Waals surface area contributed by atoms with Crippen LogP contribution in [0.2, 0.25) is 0 Å². The molecule has 0 aromatic carbocycles. The quantitative estimate of drug-likeness (QED) is 0.0395. The predicted octanol–water partition coefficient (Wildman–Crippen LogP) is 6.81. The Morgan fingerprint density at radius 3 is 1.00 bits per heavy atom. The van der Waals surface area contributed by atoms with E-state index in [0.29, 0.717) is 65.4 Å². The first-order chi connectivity index (χ1) is 25.5. The van der Waals surface area contributed by atoms with Gasteiger partial charge in [0.2, 0.25) is 0 Å². The molecule has 0 aromatic heterocycles.